The molecule has 0 bridgehead atoms. The molecule has 0 atom stereocenters. The van der Waals surface area contributed by atoms with Gasteiger partial charge in [-0.25, -0.2) is 4.79 Å². The third-order valence-electron chi connectivity index (χ3n) is 1.03. The van der Waals surface area contributed by atoms with Crippen LogP contribution in [0.3, 0.4) is 0 Å². The highest BCUT2D eigenvalue weighted by Crippen LogP contribution is 2.33. The Morgan fingerprint density at radius 1 is 1.50 bits per heavy atom. The summed E-state index contributed by atoms with van der Waals surface area (Å²) in [5, 5.41) is 0. The number of carbonyl (C=O) groups excluding carboxylic acids is 1. The average molecular weight is 232 g/mol. The van der Waals surface area contributed by atoms with Gasteiger partial charge < -0.3 is 4.74 Å². The van der Waals surface area contributed by atoms with Gasteiger partial charge in [0.25, 0.3) is 0 Å². The smallest absolute Gasteiger partial charge is 0.337 e. The number of carbonyl (C=O) groups is 1. The Kier molecular flexibility index (Phi) is 4.98. The number of hydrogen-bond donors (Lipinski definition) is 0. The summed E-state index contributed by atoms with van der Waals surface area (Å²) in [7, 11) is 0. The highest BCUT2D eigenvalue weighted by atomic mass is 35.6. The normalized spacial score (nSPS) is 11.0. The lowest BCUT2D eigenvalue weighted by Crippen LogP contribution is -2.18. The molecule has 0 aromatic rings. The van der Waals surface area contributed by atoms with Crippen molar-refractivity contribution >= 4 is 40.8 Å². The van der Waals surface area contributed by atoms with Crippen molar-refractivity contribution in [1.29, 1.82) is 0 Å². The van der Waals surface area contributed by atoms with Crippen LogP contribution in [0.1, 0.15) is 13.3 Å². The van der Waals surface area contributed by atoms with Gasteiger partial charge in [0.05, 0.1) is 12.2 Å². The van der Waals surface area contributed by atoms with E-state index in [0.29, 0.717) is 6.61 Å². The monoisotopic (exact) mass is 230 g/mol. The summed E-state index contributed by atoms with van der Waals surface area (Å²) in [5.41, 5.74) is -0.166. The minimum atomic E-state index is -1.77. The standard InChI is InChI=1S/C7H9Cl3O2/c1-3-4-12-6(11)5(2)7(8,9)10/h2-4H2,1H3. The Morgan fingerprint density at radius 3 is 2.33 bits per heavy atom. The molecule has 0 saturated heterocycles. The lowest BCUT2D eigenvalue weighted by molar-refractivity contribution is -0.139. The molecule has 0 heterocycles. The average Bonchev–Trinajstić information content (AvgIpc) is 1.97. The van der Waals surface area contributed by atoms with Crippen LogP contribution in [0.4, 0.5) is 0 Å². The molecule has 0 aliphatic carbocycles. The first kappa shape index (κ1) is 12.1. The van der Waals surface area contributed by atoms with Crippen LogP contribution in [0, 0.1) is 0 Å². The molecule has 12 heavy (non-hydrogen) atoms. The van der Waals surface area contributed by atoms with Crippen LogP contribution >= 0.6 is 34.8 Å². The first-order valence-electron chi connectivity index (χ1n) is 3.32. The summed E-state index contributed by atoms with van der Waals surface area (Å²) in [6.07, 6.45) is 0.721. The largest absolute Gasteiger partial charge is 0.462 e. The molecule has 0 aliphatic rings. The molecule has 0 aliphatic heterocycles. The van der Waals surface area contributed by atoms with Gasteiger partial charge in [0.1, 0.15) is 0 Å². The van der Waals surface area contributed by atoms with Crippen molar-refractivity contribution in [3.8, 4) is 0 Å². The number of esters is 1. The maximum absolute atomic E-state index is 11.0. The van der Waals surface area contributed by atoms with E-state index in [2.05, 4.69) is 11.3 Å². The van der Waals surface area contributed by atoms with Crippen molar-refractivity contribution < 1.29 is 9.53 Å². The van der Waals surface area contributed by atoms with Crippen molar-refractivity contribution in [2.24, 2.45) is 0 Å². The SMILES string of the molecule is C=C(C(=O)OCCC)C(Cl)(Cl)Cl. The number of alkyl halides is 3. The van der Waals surface area contributed by atoms with Crippen molar-refractivity contribution in [2.75, 3.05) is 6.61 Å². The highest BCUT2D eigenvalue weighted by molar-refractivity contribution is 6.70. The number of halogens is 3. The lowest BCUT2D eigenvalue weighted by Gasteiger charge is -2.12. The quantitative estimate of drug-likeness (QED) is 0.424. The van der Waals surface area contributed by atoms with Crippen molar-refractivity contribution in [3.63, 3.8) is 0 Å². The fourth-order valence-electron chi connectivity index (χ4n) is 0.398. The predicted octanol–water partition coefficient (Wildman–Crippen LogP) is 2.87. The molecule has 0 saturated carbocycles. The van der Waals surface area contributed by atoms with E-state index >= 15 is 0 Å². The zero-order valence-electron chi connectivity index (χ0n) is 6.57. The summed E-state index contributed by atoms with van der Waals surface area (Å²) >= 11 is 16.2. The maximum Gasteiger partial charge on any atom is 0.337 e. The summed E-state index contributed by atoms with van der Waals surface area (Å²) in [5.74, 6) is -0.670. The molecule has 70 valence electrons. The van der Waals surface area contributed by atoms with E-state index in [1.165, 1.54) is 0 Å². The third kappa shape index (κ3) is 4.19. The van der Waals surface area contributed by atoms with Crippen molar-refractivity contribution in [2.45, 2.75) is 17.1 Å². The van der Waals surface area contributed by atoms with Gasteiger partial charge in [-0.05, 0) is 6.42 Å². The second-order valence-electron chi connectivity index (χ2n) is 2.11. The highest BCUT2D eigenvalue weighted by Gasteiger charge is 2.30. The van der Waals surface area contributed by atoms with Gasteiger partial charge >= 0.3 is 5.97 Å². The van der Waals surface area contributed by atoms with Crippen LogP contribution < -0.4 is 0 Å². The molecule has 0 aromatic carbocycles. The van der Waals surface area contributed by atoms with Gasteiger partial charge in [-0.3, -0.25) is 0 Å². The van der Waals surface area contributed by atoms with Gasteiger partial charge in [-0.2, -0.15) is 0 Å². The van der Waals surface area contributed by atoms with E-state index in [1.807, 2.05) is 6.92 Å². The summed E-state index contributed by atoms with van der Waals surface area (Å²) in [6, 6.07) is 0. The molecule has 5 heteroatoms. The van der Waals surface area contributed by atoms with Crippen molar-refractivity contribution in [1.82, 2.24) is 0 Å². The molecular weight excluding hydrogens is 222 g/mol. The third-order valence-corrected chi connectivity index (χ3v) is 1.71. The molecule has 0 N–H and O–H groups in total. The maximum atomic E-state index is 11.0. The Morgan fingerprint density at radius 2 is 2.00 bits per heavy atom. The zero-order valence-corrected chi connectivity index (χ0v) is 8.84. The first-order chi connectivity index (χ1) is 5.39. The van der Waals surface area contributed by atoms with Crippen LogP contribution in [0.25, 0.3) is 0 Å². The van der Waals surface area contributed by atoms with E-state index in [-0.39, 0.29) is 5.57 Å². The van der Waals surface area contributed by atoms with E-state index in [4.69, 9.17) is 34.8 Å². The first-order valence-corrected chi connectivity index (χ1v) is 4.46. The second kappa shape index (κ2) is 4.95. The van der Waals surface area contributed by atoms with E-state index in [1.54, 1.807) is 0 Å². The Labute approximate surface area is 86.4 Å². The fraction of sp³-hybridized carbons (Fsp3) is 0.571. The van der Waals surface area contributed by atoms with Crippen LogP contribution in [0.2, 0.25) is 0 Å². The van der Waals surface area contributed by atoms with E-state index < -0.39 is 9.76 Å². The molecular formula is C7H9Cl3O2. The van der Waals surface area contributed by atoms with Gasteiger partial charge in [-0.1, -0.05) is 48.3 Å². The minimum Gasteiger partial charge on any atom is -0.462 e. The molecule has 0 unspecified atom stereocenters. The van der Waals surface area contributed by atoms with Gasteiger partial charge in [0, 0.05) is 0 Å². The molecule has 0 radical (unpaired) electrons. The topological polar surface area (TPSA) is 26.3 Å². The van der Waals surface area contributed by atoms with Crippen LogP contribution in [0.5, 0.6) is 0 Å². The van der Waals surface area contributed by atoms with Crippen LogP contribution in [-0.2, 0) is 9.53 Å². The Hall–Kier alpha value is 0.0800. The molecule has 0 fully saturated rings. The van der Waals surface area contributed by atoms with E-state index in [0.717, 1.165) is 6.42 Å². The second-order valence-corrected chi connectivity index (χ2v) is 4.39. The molecule has 2 nitrogen and oxygen atoms in total. The van der Waals surface area contributed by atoms with Gasteiger partial charge in [-0.15, -0.1) is 0 Å². The van der Waals surface area contributed by atoms with Crippen LogP contribution in [-0.4, -0.2) is 16.4 Å². The summed E-state index contributed by atoms with van der Waals surface area (Å²) in [6.45, 7) is 5.48. The van der Waals surface area contributed by atoms with Gasteiger partial charge in [0.15, 0.2) is 0 Å². The predicted molar refractivity (Wildman–Crippen MR) is 50.7 cm³/mol. The molecule has 0 rings (SSSR count). The minimum absolute atomic E-state index is 0.166. The number of ether oxygens (including phenoxy) is 1. The molecule has 0 amide bonds. The number of rotatable bonds is 3. The number of hydrogen-bond acceptors (Lipinski definition) is 2. The van der Waals surface area contributed by atoms with E-state index in [9.17, 15) is 4.79 Å². The Bertz CT molecular complexity index is 184. The van der Waals surface area contributed by atoms with Crippen LogP contribution in [0.15, 0.2) is 12.2 Å². The molecule has 0 spiro atoms. The van der Waals surface area contributed by atoms with Gasteiger partial charge in [0.2, 0.25) is 3.79 Å². The summed E-state index contributed by atoms with van der Waals surface area (Å²) in [4.78, 5) is 11.0. The zero-order chi connectivity index (χ0) is 9.78. The fourth-order valence-corrected chi connectivity index (χ4v) is 0.629. The Balaban J connectivity index is 4.04. The molecule has 0 aromatic heterocycles. The van der Waals surface area contributed by atoms with Crippen molar-refractivity contribution in [3.05, 3.63) is 12.2 Å². The lowest BCUT2D eigenvalue weighted by atomic mass is 10.3. The summed E-state index contributed by atoms with van der Waals surface area (Å²) < 4.78 is 2.91.